The van der Waals surface area contributed by atoms with E-state index in [0.29, 0.717) is 0 Å². The summed E-state index contributed by atoms with van der Waals surface area (Å²) in [6, 6.07) is 0. The Labute approximate surface area is 51.9 Å². The monoisotopic (exact) mass is 144 g/mol. The molecule has 0 amide bonds. The van der Waals surface area contributed by atoms with Gasteiger partial charge in [-0.2, -0.15) is 0 Å². The van der Waals surface area contributed by atoms with Gasteiger partial charge in [-0.1, -0.05) is 26.2 Å². The fourth-order valence-corrected chi connectivity index (χ4v) is 3.38. The van der Waals surface area contributed by atoms with Crippen molar-refractivity contribution in [3.63, 3.8) is 0 Å². The second-order valence-corrected chi connectivity index (χ2v) is 18.4. The summed E-state index contributed by atoms with van der Waals surface area (Å²) in [4.78, 5) is 0. The summed E-state index contributed by atoms with van der Waals surface area (Å²) in [5.74, 6) is 0. The van der Waals surface area contributed by atoms with Crippen LogP contribution in [-0.2, 0) is 0 Å². The predicted octanol–water partition coefficient (Wildman–Crippen LogP) is 1.19. The van der Waals surface area contributed by atoms with Gasteiger partial charge in [-0.05, 0) is 0 Å². The van der Waals surface area contributed by atoms with Crippen molar-refractivity contribution in [1.29, 1.82) is 0 Å². The minimum Gasteiger partial charge on any atom is -0.0756 e. The molecule has 0 nitrogen and oxygen atoms in total. The average Bonchev–Trinajstić information content (AvgIpc) is 1.68. The van der Waals surface area contributed by atoms with Crippen molar-refractivity contribution >= 4 is 25.2 Å². The second-order valence-electron chi connectivity index (χ2n) is 2.12. The Morgan fingerprint density at radius 3 is 1.29 bits per heavy atom. The van der Waals surface area contributed by atoms with E-state index in [9.17, 15) is 0 Å². The Balaban J connectivity index is 3.36. The molecule has 0 aliphatic carbocycles. The maximum Gasteiger partial charge on any atom is 0.0248 e. The van der Waals surface area contributed by atoms with E-state index in [0.717, 1.165) is 0 Å². The van der Waals surface area contributed by atoms with Crippen LogP contribution in [0.25, 0.3) is 0 Å². The molecule has 0 rings (SSSR count). The highest BCUT2D eigenvalue weighted by Crippen LogP contribution is 1.94. The van der Waals surface area contributed by atoms with E-state index >= 15 is 0 Å². The molecule has 0 aliphatic rings. The minimum absolute atomic E-state index is 0.596. The quantitative estimate of drug-likeness (QED) is 0.511. The molecule has 40 valence electrons. The van der Waals surface area contributed by atoms with Gasteiger partial charge in [0, 0.05) is 25.2 Å². The number of hydrogen-bond acceptors (Lipinski definition) is 0. The van der Waals surface area contributed by atoms with Crippen LogP contribution in [0.1, 0.15) is 0 Å². The summed E-state index contributed by atoms with van der Waals surface area (Å²) in [7, 11) is 1.88. The molecule has 0 aromatic carbocycles. The largest absolute Gasteiger partial charge is 0.0756 e. The van der Waals surface area contributed by atoms with E-state index in [-0.39, 0.29) is 0 Å². The van der Waals surface area contributed by atoms with Gasteiger partial charge in [0.15, 0.2) is 0 Å². The Morgan fingerprint density at radius 1 is 1.00 bits per heavy atom. The molecule has 0 bridgehead atoms. The maximum atomic E-state index is 2.46. The number of hydrogen-bond donors (Lipinski definition) is 0. The van der Waals surface area contributed by atoms with Crippen LogP contribution in [0, 0.1) is 0 Å². The smallest absolute Gasteiger partial charge is 0.0248 e. The molecular weight excluding hydrogens is 132 g/mol. The van der Waals surface area contributed by atoms with Crippen molar-refractivity contribution in [2.75, 3.05) is 0 Å². The third-order valence-corrected chi connectivity index (χ3v) is 15.8. The molecule has 3 heteroatoms. The highest BCUT2D eigenvalue weighted by Gasteiger charge is 2.14. The molecule has 0 heterocycles. The third kappa shape index (κ3) is 3.25. The lowest BCUT2D eigenvalue weighted by molar-refractivity contribution is 2.00. The first-order valence-electron chi connectivity index (χ1n) is 2.50. The van der Waals surface area contributed by atoms with Crippen LogP contribution < -0.4 is 0 Å². The second kappa shape index (κ2) is 2.84. The molecule has 4 radical (unpaired) electrons. The van der Waals surface area contributed by atoms with Gasteiger partial charge in [0.25, 0.3) is 0 Å². The van der Waals surface area contributed by atoms with Gasteiger partial charge in [-0.3, -0.25) is 0 Å². The molecule has 0 spiro atoms. The molecule has 0 saturated heterocycles. The van der Waals surface area contributed by atoms with Gasteiger partial charge < -0.3 is 0 Å². The predicted molar refractivity (Wildman–Crippen MR) is 40.7 cm³/mol. The Morgan fingerprint density at radius 2 is 1.29 bits per heavy atom. The first kappa shape index (κ1) is 7.65. The summed E-state index contributed by atoms with van der Waals surface area (Å²) >= 11 is 0. The van der Waals surface area contributed by atoms with Crippen molar-refractivity contribution in [3.05, 3.63) is 0 Å². The molecule has 0 aromatic heterocycles. The average molecular weight is 144 g/mol. The molecule has 7 heavy (non-hydrogen) atoms. The summed E-state index contributed by atoms with van der Waals surface area (Å²) < 4.78 is 0. The maximum absolute atomic E-state index is 2.46. The summed E-state index contributed by atoms with van der Waals surface area (Å²) in [5.41, 5.74) is 0. The van der Waals surface area contributed by atoms with Crippen LogP contribution >= 0.6 is 0 Å². The van der Waals surface area contributed by atoms with Gasteiger partial charge in [-0.25, -0.2) is 0 Å². The highest BCUT2D eigenvalue weighted by molar-refractivity contribution is 7.49. The molecule has 0 saturated carbocycles. The van der Waals surface area contributed by atoms with E-state index in [2.05, 4.69) is 26.2 Å². The van der Waals surface area contributed by atoms with E-state index < -0.39 is 7.11 Å². The highest BCUT2D eigenvalue weighted by atomic mass is 29.6. The van der Waals surface area contributed by atoms with Gasteiger partial charge >= 0.3 is 0 Å². The zero-order valence-corrected chi connectivity index (χ0v) is 8.50. The lowest BCUT2D eigenvalue weighted by atomic mass is 11.9. The van der Waals surface area contributed by atoms with Crippen LogP contribution in [0.2, 0.25) is 26.2 Å². The topological polar surface area (TPSA) is 0 Å². The molecular formula is C4H12Si3. The van der Waals surface area contributed by atoms with E-state index in [4.69, 9.17) is 0 Å². The first-order chi connectivity index (χ1) is 3.12. The first-order valence-corrected chi connectivity index (χ1v) is 10.5. The van der Waals surface area contributed by atoms with Gasteiger partial charge in [0.1, 0.15) is 0 Å². The zero-order chi connectivity index (χ0) is 5.91. The van der Waals surface area contributed by atoms with Crippen LogP contribution in [0.3, 0.4) is 0 Å². The van der Waals surface area contributed by atoms with Gasteiger partial charge in [0.2, 0.25) is 0 Å². The van der Waals surface area contributed by atoms with Crippen molar-refractivity contribution < 1.29 is 0 Å². The van der Waals surface area contributed by atoms with Crippen molar-refractivity contribution in [1.82, 2.24) is 0 Å². The van der Waals surface area contributed by atoms with Gasteiger partial charge in [0.05, 0.1) is 0 Å². The molecule has 0 unspecified atom stereocenters. The lowest BCUT2D eigenvalue weighted by Gasteiger charge is -2.14. The SMILES string of the molecule is C[Si][Si](C)(C)[Si]C. The standard InChI is InChI=1S/C4H12Si3/c1-5-7(3,4)6-2/h1-4H3. The van der Waals surface area contributed by atoms with E-state index in [1.54, 1.807) is 0 Å². The Hall–Kier alpha value is 0.651. The van der Waals surface area contributed by atoms with Crippen molar-refractivity contribution in [3.8, 4) is 0 Å². The normalized spacial score (nSPS) is 12.0. The summed E-state index contributed by atoms with van der Waals surface area (Å²) in [5, 5.41) is 0. The minimum atomic E-state index is -0.596. The fraction of sp³-hybridized carbons (Fsp3) is 1.00. The number of rotatable bonds is 2. The summed E-state index contributed by atoms with van der Waals surface area (Å²) in [6.45, 7) is 9.60. The molecule has 0 fully saturated rings. The van der Waals surface area contributed by atoms with Crippen molar-refractivity contribution in [2.45, 2.75) is 26.2 Å². The summed E-state index contributed by atoms with van der Waals surface area (Å²) in [6.07, 6.45) is 0. The van der Waals surface area contributed by atoms with Crippen LogP contribution in [-0.4, -0.2) is 25.2 Å². The van der Waals surface area contributed by atoms with E-state index in [1.165, 1.54) is 18.1 Å². The molecule has 0 atom stereocenters. The third-order valence-electron chi connectivity index (χ3n) is 1.25. The van der Waals surface area contributed by atoms with Crippen LogP contribution in [0.4, 0.5) is 0 Å². The van der Waals surface area contributed by atoms with Gasteiger partial charge in [-0.15, -0.1) is 0 Å². The lowest BCUT2D eigenvalue weighted by Crippen LogP contribution is -2.38. The molecule has 0 aliphatic heterocycles. The zero-order valence-electron chi connectivity index (χ0n) is 5.50. The van der Waals surface area contributed by atoms with E-state index in [1.807, 2.05) is 0 Å². The Bertz CT molecular complexity index is 44.9. The Kier molecular flexibility index (Phi) is 3.10. The molecule has 0 N–H and O–H groups in total. The van der Waals surface area contributed by atoms with Crippen molar-refractivity contribution in [2.24, 2.45) is 0 Å². The van der Waals surface area contributed by atoms with Crippen LogP contribution in [0.5, 0.6) is 0 Å². The molecule has 0 aromatic rings. The fourth-order valence-electron chi connectivity index (χ4n) is 0.125. The van der Waals surface area contributed by atoms with Crippen LogP contribution in [0.15, 0.2) is 0 Å².